The van der Waals surface area contributed by atoms with Gasteiger partial charge in [0.2, 0.25) is 0 Å². The van der Waals surface area contributed by atoms with Crippen molar-refractivity contribution in [2.75, 3.05) is 6.54 Å². The summed E-state index contributed by atoms with van der Waals surface area (Å²) in [5.41, 5.74) is 0.959. The van der Waals surface area contributed by atoms with Gasteiger partial charge in [-0.15, -0.1) is 0 Å². The van der Waals surface area contributed by atoms with E-state index in [0.29, 0.717) is 18.5 Å². The molecule has 2 N–H and O–H groups in total. The van der Waals surface area contributed by atoms with Crippen LogP contribution in [0, 0.1) is 0 Å². The number of carbonyl (C=O) groups excluding carboxylic acids is 1. The Balaban J connectivity index is 2.13. The monoisotopic (exact) mass is 374 g/mol. The number of carboxylic acids is 1. The minimum Gasteiger partial charge on any atom is -0.480 e. The van der Waals surface area contributed by atoms with Crippen LogP contribution in [-0.2, 0) is 22.4 Å². The molecule has 0 radical (unpaired) electrons. The van der Waals surface area contributed by atoms with Crippen molar-refractivity contribution in [1.29, 1.82) is 0 Å². The van der Waals surface area contributed by atoms with Gasteiger partial charge in [-0.3, -0.25) is 9.88 Å². The Morgan fingerprint density at radius 1 is 1.30 bits per heavy atom. The Bertz CT molecular complexity index is 726. The number of ether oxygens (including phenoxy) is 1. The number of imidazole rings is 1. The molecule has 2 rings (SSSR count). The van der Waals surface area contributed by atoms with E-state index in [9.17, 15) is 14.7 Å². The molecule has 0 unspecified atom stereocenters. The number of nitrogens with one attached hydrogen (secondary N) is 1. The number of carbonyl (C=O) groups is 2. The van der Waals surface area contributed by atoms with Crippen molar-refractivity contribution >= 4 is 12.1 Å². The zero-order valence-corrected chi connectivity index (χ0v) is 15.9. The third-order valence-electron chi connectivity index (χ3n) is 3.84. The third kappa shape index (κ3) is 6.73. The molecular weight excluding hydrogens is 348 g/mol. The summed E-state index contributed by atoms with van der Waals surface area (Å²) >= 11 is 0. The fourth-order valence-electron chi connectivity index (χ4n) is 2.63. The van der Waals surface area contributed by atoms with E-state index < -0.39 is 23.7 Å². The number of H-pyrrole nitrogens is 1. The summed E-state index contributed by atoms with van der Waals surface area (Å²) < 4.78 is 5.44. The topological polar surface area (TPSA) is 108 Å². The van der Waals surface area contributed by atoms with Crippen molar-refractivity contribution in [2.24, 2.45) is 0 Å². The molecule has 146 valence electrons. The average Bonchev–Trinajstić information content (AvgIpc) is 3.09. The molecule has 0 saturated carbocycles. The maximum absolute atomic E-state index is 12.7. The van der Waals surface area contributed by atoms with E-state index in [-0.39, 0.29) is 13.0 Å². The smallest absolute Gasteiger partial charge is 0.411 e. The second-order valence-electron chi connectivity index (χ2n) is 7.27. The van der Waals surface area contributed by atoms with Crippen LogP contribution in [0.3, 0.4) is 0 Å². The van der Waals surface area contributed by atoms with Gasteiger partial charge in [0, 0.05) is 37.3 Å². The number of aromatic nitrogens is 3. The quantitative estimate of drug-likeness (QED) is 0.735. The Morgan fingerprint density at radius 3 is 2.63 bits per heavy atom. The summed E-state index contributed by atoms with van der Waals surface area (Å²) in [5.74, 6) is -1.09. The number of aryl methyl sites for hydroxylation is 1. The lowest BCUT2D eigenvalue weighted by Gasteiger charge is -2.31. The summed E-state index contributed by atoms with van der Waals surface area (Å²) in [5, 5.41) is 9.71. The molecule has 0 fully saturated rings. The van der Waals surface area contributed by atoms with Gasteiger partial charge in [0.1, 0.15) is 11.6 Å². The summed E-state index contributed by atoms with van der Waals surface area (Å²) in [4.78, 5) is 36.7. The molecule has 1 amide bonds. The maximum Gasteiger partial charge on any atom is 0.411 e. The zero-order chi connectivity index (χ0) is 19.9. The molecule has 27 heavy (non-hydrogen) atoms. The number of aromatic amines is 1. The van der Waals surface area contributed by atoms with E-state index in [1.165, 1.54) is 11.2 Å². The predicted molar refractivity (Wildman–Crippen MR) is 99.2 cm³/mol. The molecule has 2 aromatic heterocycles. The van der Waals surface area contributed by atoms with Crippen molar-refractivity contribution < 1.29 is 19.4 Å². The number of rotatable bonds is 8. The summed E-state index contributed by atoms with van der Waals surface area (Å²) in [6.45, 7) is 5.52. The molecule has 2 heterocycles. The molecule has 0 aliphatic carbocycles. The first-order valence-corrected chi connectivity index (χ1v) is 8.85. The van der Waals surface area contributed by atoms with Crippen LogP contribution in [0.4, 0.5) is 4.79 Å². The molecule has 0 saturated heterocycles. The number of aliphatic carboxylic acids is 1. The van der Waals surface area contributed by atoms with Crippen LogP contribution in [0.1, 0.15) is 38.4 Å². The van der Waals surface area contributed by atoms with Gasteiger partial charge >= 0.3 is 12.1 Å². The number of carboxylic acid groups (broad SMARTS) is 1. The number of hydrogen-bond acceptors (Lipinski definition) is 5. The average molecular weight is 374 g/mol. The standard InChI is InChI=1S/C19H26N4O4/c1-19(2,3)27-18(26)23(9-5-7-14-6-4-8-20-11-14)16(17(24)25)10-15-12-21-13-22-15/h4,6,8,11-13,16H,5,7,9-10H2,1-3H3,(H,21,22)(H,24,25)/t16-/m0/s1. The minimum absolute atomic E-state index is 0.126. The highest BCUT2D eigenvalue weighted by molar-refractivity contribution is 5.80. The fraction of sp³-hybridized carbons (Fsp3) is 0.474. The van der Waals surface area contributed by atoms with Crippen LogP contribution in [0.2, 0.25) is 0 Å². The largest absolute Gasteiger partial charge is 0.480 e. The summed E-state index contributed by atoms with van der Waals surface area (Å²) in [6.07, 6.45) is 7.26. The van der Waals surface area contributed by atoms with E-state index in [0.717, 1.165) is 5.56 Å². The first-order valence-electron chi connectivity index (χ1n) is 8.85. The Labute approximate surface area is 158 Å². The Morgan fingerprint density at radius 2 is 2.07 bits per heavy atom. The van der Waals surface area contributed by atoms with Gasteiger partial charge in [-0.1, -0.05) is 6.07 Å². The molecule has 1 atom stereocenters. The normalized spacial score (nSPS) is 12.4. The van der Waals surface area contributed by atoms with E-state index >= 15 is 0 Å². The van der Waals surface area contributed by atoms with Crippen LogP contribution in [-0.4, -0.2) is 55.2 Å². The molecule has 0 spiro atoms. The lowest BCUT2D eigenvalue weighted by molar-refractivity contribution is -0.143. The minimum atomic E-state index is -1.09. The van der Waals surface area contributed by atoms with Gasteiger partial charge in [-0.25, -0.2) is 14.6 Å². The first kappa shape index (κ1) is 20.4. The lowest BCUT2D eigenvalue weighted by Crippen LogP contribution is -2.49. The highest BCUT2D eigenvalue weighted by Gasteiger charge is 2.33. The van der Waals surface area contributed by atoms with E-state index in [4.69, 9.17) is 4.74 Å². The van der Waals surface area contributed by atoms with Crippen molar-refractivity contribution in [3.63, 3.8) is 0 Å². The highest BCUT2D eigenvalue weighted by Crippen LogP contribution is 2.16. The molecule has 0 aromatic carbocycles. The molecular formula is C19H26N4O4. The molecule has 8 heteroatoms. The number of hydrogen-bond donors (Lipinski definition) is 2. The van der Waals surface area contributed by atoms with Gasteiger partial charge in [0.05, 0.1) is 6.33 Å². The maximum atomic E-state index is 12.7. The number of amides is 1. The molecule has 2 aromatic rings. The van der Waals surface area contributed by atoms with Gasteiger partial charge < -0.3 is 14.8 Å². The van der Waals surface area contributed by atoms with Gasteiger partial charge in [-0.05, 0) is 45.2 Å². The van der Waals surface area contributed by atoms with Gasteiger partial charge in [0.15, 0.2) is 0 Å². The van der Waals surface area contributed by atoms with Crippen molar-refractivity contribution in [3.8, 4) is 0 Å². The zero-order valence-electron chi connectivity index (χ0n) is 15.9. The molecule has 0 aliphatic rings. The lowest BCUT2D eigenvalue weighted by atomic mass is 10.1. The van der Waals surface area contributed by atoms with Crippen LogP contribution in [0.5, 0.6) is 0 Å². The predicted octanol–water partition coefficient (Wildman–Crippen LogP) is 2.67. The van der Waals surface area contributed by atoms with E-state index in [1.54, 1.807) is 39.4 Å². The summed E-state index contributed by atoms with van der Waals surface area (Å²) in [6, 6.07) is 2.75. The van der Waals surface area contributed by atoms with E-state index in [2.05, 4.69) is 15.0 Å². The molecule has 8 nitrogen and oxygen atoms in total. The van der Waals surface area contributed by atoms with Crippen LogP contribution >= 0.6 is 0 Å². The highest BCUT2D eigenvalue weighted by atomic mass is 16.6. The number of nitrogens with zero attached hydrogens (tertiary/aromatic N) is 3. The summed E-state index contributed by atoms with van der Waals surface area (Å²) in [7, 11) is 0. The van der Waals surface area contributed by atoms with Crippen LogP contribution in [0.15, 0.2) is 37.1 Å². The molecule has 0 bridgehead atoms. The van der Waals surface area contributed by atoms with Crippen molar-refractivity contribution in [2.45, 2.75) is 51.7 Å². The van der Waals surface area contributed by atoms with Crippen LogP contribution < -0.4 is 0 Å². The molecule has 0 aliphatic heterocycles. The SMILES string of the molecule is CC(C)(C)OC(=O)N(CCCc1cccnc1)[C@@H](Cc1cnc[nH]1)C(=O)O. The van der Waals surface area contributed by atoms with Crippen molar-refractivity contribution in [3.05, 3.63) is 48.3 Å². The Hall–Kier alpha value is -2.90. The van der Waals surface area contributed by atoms with E-state index in [1.807, 2.05) is 12.1 Å². The second kappa shape index (κ2) is 9.16. The van der Waals surface area contributed by atoms with Crippen LogP contribution in [0.25, 0.3) is 0 Å². The first-order chi connectivity index (χ1) is 12.8. The van der Waals surface area contributed by atoms with Gasteiger partial charge in [0.25, 0.3) is 0 Å². The Kier molecular flexibility index (Phi) is 6.92. The third-order valence-corrected chi connectivity index (χ3v) is 3.84. The fourth-order valence-corrected chi connectivity index (χ4v) is 2.63. The van der Waals surface area contributed by atoms with Gasteiger partial charge in [-0.2, -0.15) is 0 Å². The number of pyridine rings is 1. The second-order valence-corrected chi connectivity index (χ2v) is 7.27. The van der Waals surface area contributed by atoms with Crippen molar-refractivity contribution in [1.82, 2.24) is 19.9 Å².